The van der Waals surface area contributed by atoms with Gasteiger partial charge in [0.05, 0.1) is 25.3 Å². The van der Waals surface area contributed by atoms with Gasteiger partial charge >= 0.3 is 0 Å². The molecule has 0 saturated carbocycles. The van der Waals surface area contributed by atoms with E-state index in [1.165, 1.54) is 9.80 Å². The fourth-order valence-corrected chi connectivity index (χ4v) is 3.71. The maximum Gasteiger partial charge on any atom is 0.292 e. The number of carbonyl (C=O) groups is 2. The van der Waals surface area contributed by atoms with Crippen LogP contribution in [0.1, 0.15) is 20.3 Å². The molecular formula is C18H27N3O3+2. The zero-order chi connectivity index (χ0) is 17.1. The Morgan fingerprint density at radius 3 is 2.33 bits per heavy atom. The third-order valence-corrected chi connectivity index (χ3v) is 5.14. The number of carbonyl (C=O) groups excluding carboxylic acids is 2. The van der Waals surface area contributed by atoms with Crippen LogP contribution in [0.5, 0.6) is 5.75 Å². The van der Waals surface area contributed by atoms with Gasteiger partial charge < -0.3 is 14.5 Å². The molecule has 1 unspecified atom stereocenters. The quantitative estimate of drug-likeness (QED) is 0.647. The van der Waals surface area contributed by atoms with Crippen molar-refractivity contribution in [3.05, 3.63) is 24.3 Å². The molecule has 2 fully saturated rings. The van der Waals surface area contributed by atoms with Gasteiger partial charge in [-0.1, -0.05) is 0 Å². The van der Waals surface area contributed by atoms with Gasteiger partial charge in [0.2, 0.25) is 5.91 Å². The number of amides is 2. The second-order valence-corrected chi connectivity index (χ2v) is 6.51. The fourth-order valence-electron chi connectivity index (χ4n) is 3.71. The molecule has 0 spiro atoms. The van der Waals surface area contributed by atoms with Crippen molar-refractivity contribution in [3.63, 3.8) is 0 Å². The van der Waals surface area contributed by atoms with Crippen LogP contribution >= 0.6 is 0 Å². The molecule has 6 nitrogen and oxygen atoms in total. The first-order valence-corrected chi connectivity index (χ1v) is 8.91. The highest BCUT2D eigenvalue weighted by atomic mass is 16.5. The van der Waals surface area contributed by atoms with Gasteiger partial charge in [0.25, 0.3) is 5.91 Å². The van der Waals surface area contributed by atoms with Gasteiger partial charge in [-0.25, -0.2) is 4.90 Å². The van der Waals surface area contributed by atoms with Gasteiger partial charge in [-0.05, 0) is 38.1 Å². The molecule has 0 aliphatic carbocycles. The number of likely N-dealkylation sites (N-methyl/N-ethyl adjacent to an activating group) is 1. The van der Waals surface area contributed by atoms with Crippen LogP contribution in [-0.2, 0) is 9.59 Å². The van der Waals surface area contributed by atoms with Gasteiger partial charge in [0.1, 0.15) is 31.9 Å². The van der Waals surface area contributed by atoms with Crippen LogP contribution in [0.3, 0.4) is 0 Å². The van der Waals surface area contributed by atoms with Gasteiger partial charge in [-0.2, -0.15) is 0 Å². The number of nitrogens with zero attached hydrogens (tertiary/aromatic N) is 1. The summed E-state index contributed by atoms with van der Waals surface area (Å²) in [5.74, 6) is 0.604. The highest BCUT2D eigenvalue weighted by Crippen LogP contribution is 2.24. The lowest BCUT2D eigenvalue weighted by Crippen LogP contribution is -3.29. The predicted molar refractivity (Wildman–Crippen MR) is 90.4 cm³/mol. The average Bonchev–Trinajstić information content (AvgIpc) is 2.91. The van der Waals surface area contributed by atoms with Crippen molar-refractivity contribution in [3.8, 4) is 5.75 Å². The van der Waals surface area contributed by atoms with E-state index < -0.39 is 0 Å². The predicted octanol–water partition coefficient (Wildman–Crippen LogP) is -1.48. The smallest absolute Gasteiger partial charge is 0.292 e. The highest BCUT2D eigenvalue weighted by Gasteiger charge is 2.46. The van der Waals surface area contributed by atoms with Crippen molar-refractivity contribution in [2.24, 2.45) is 0 Å². The Morgan fingerprint density at radius 1 is 1.08 bits per heavy atom. The number of piperazine rings is 1. The van der Waals surface area contributed by atoms with E-state index in [9.17, 15) is 9.59 Å². The van der Waals surface area contributed by atoms with Gasteiger partial charge in [0.15, 0.2) is 6.04 Å². The van der Waals surface area contributed by atoms with Crippen LogP contribution in [0, 0.1) is 0 Å². The minimum absolute atomic E-state index is 0.0564. The zero-order valence-corrected chi connectivity index (χ0v) is 14.5. The molecule has 2 amide bonds. The number of hydrogen-bond donors (Lipinski definition) is 2. The molecule has 0 aromatic heterocycles. The molecule has 2 saturated heterocycles. The van der Waals surface area contributed by atoms with Crippen LogP contribution in [0.2, 0.25) is 0 Å². The summed E-state index contributed by atoms with van der Waals surface area (Å²) < 4.78 is 5.42. The Morgan fingerprint density at radius 2 is 1.75 bits per heavy atom. The van der Waals surface area contributed by atoms with Gasteiger partial charge in [0, 0.05) is 0 Å². The molecule has 24 heavy (non-hydrogen) atoms. The second-order valence-electron chi connectivity index (χ2n) is 6.51. The molecule has 0 radical (unpaired) electrons. The van der Waals surface area contributed by atoms with Crippen LogP contribution in [0.25, 0.3) is 0 Å². The lowest BCUT2D eigenvalue weighted by Gasteiger charge is -2.31. The number of nitrogens with one attached hydrogen (secondary N) is 2. The van der Waals surface area contributed by atoms with E-state index in [0.29, 0.717) is 18.7 Å². The van der Waals surface area contributed by atoms with Crippen molar-refractivity contribution in [1.82, 2.24) is 0 Å². The summed E-state index contributed by atoms with van der Waals surface area (Å²) in [6.07, 6.45) is 0.322. The molecule has 130 valence electrons. The molecule has 6 heteroatoms. The van der Waals surface area contributed by atoms with Crippen LogP contribution in [0.4, 0.5) is 5.69 Å². The van der Waals surface area contributed by atoms with E-state index in [4.69, 9.17) is 4.74 Å². The Labute approximate surface area is 143 Å². The molecule has 1 aromatic carbocycles. The van der Waals surface area contributed by atoms with Gasteiger partial charge in [-0.15, -0.1) is 0 Å². The zero-order valence-electron chi connectivity index (χ0n) is 14.5. The summed E-state index contributed by atoms with van der Waals surface area (Å²) in [5, 5.41) is 0. The molecule has 1 aromatic rings. The lowest BCUT2D eigenvalue weighted by atomic mass is 10.1. The average molecular weight is 333 g/mol. The minimum Gasteiger partial charge on any atom is -0.494 e. The molecular weight excluding hydrogens is 306 g/mol. The van der Waals surface area contributed by atoms with E-state index >= 15 is 0 Å². The molecule has 2 N–H and O–H groups in total. The second kappa shape index (κ2) is 7.32. The number of imide groups is 1. The summed E-state index contributed by atoms with van der Waals surface area (Å²) in [6.45, 7) is 9.92. The number of hydrogen-bond acceptors (Lipinski definition) is 3. The molecule has 2 aliphatic heterocycles. The number of benzene rings is 1. The first-order valence-electron chi connectivity index (χ1n) is 8.91. The highest BCUT2D eigenvalue weighted by molar-refractivity contribution is 6.21. The number of ether oxygens (including phenoxy) is 1. The SMILES string of the molecule is CCOc1ccc(N2C(=O)CC([NH+]3CC[NH+](CC)CC3)C2=O)cc1. The Kier molecular flexibility index (Phi) is 5.16. The standard InChI is InChI=1S/C18H25N3O3/c1-3-19-9-11-20(12-10-19)16-13-17(22)21(18(16)23)14-5-7-15(8-6-14)24-4-2/h5-8,16H,3-4,9-13H2,1-2H3/p+2. The van der Waals surface area contributed by atoms with Crippen molar-refractivity contribution < 1.29 is 24.1 Å². The molecule has 1 atom stereocenters. The summed E-state index contributed by atoms with van der Waals surface area (Å²) in [5.41, 5.74) is 0.646. The summed E-state index contributed by atoms with van der Waals surface area (Å²) in [6, 6.07) is 6.98. The van der Waals surface area contributed by atoms with E-state index in [0.717, 1.165) is 38.5 Å². The fraction of sp³-hybridized carbons (Fsp3) is 0.556. The van der Waals surface area contributed by atoms with Crippen LogP contribution in [-0.4, -0.2) is 57.2 Å². The van der Waals surface area contributed by atoms with Crippen LogP contribution < -0.4 is 19.4 Å². The molecule has 2 aliphatic rings. The first kappa shape index (κ1) is 16.9. The largest absolute Gasteiger partial charge is 0.494 e. The molecule has 0 bridgehead atoms. The van der Waals surface area contributed by atoms with E-state index in [1.54, 1.807) is 17.0 Å². The van der Waals surface area contributed by atoms with Crippen molar-refractivity contribution in [2.75, 3.05) is 44.2 Å². The third-order valence-electron chi connectivity index (χ3n) is 5.14. The number of anilines is 1. The Bertz CT molecular complexity index is 594. The van der Waals surface area contributed by atoms with E-state index in [1.807, 2.05) is 19.1 Å². The number of quaternary nitrogens is 2. The van der Waals surface area contributed by atoms with Crippen LogP contribution in [0.15, 0.2) is 24.3 Å². The third kappa shape index (κ3) is 3.30. The maximum atomic E-state index is 12.8. The lowest BCUT2D eigenvalue weighted by molar-refractivity contribution is -1.02. The first-order chi connectivity index (χ1) is 11.6. The molecule has 2 heterocycles. The molecule has 3 rings (SSSR count). The Hall–Kier alpha value is -1.92. The van der Waals surface area contributed by atoms with Crippen molar-refractivity contribution in [2.45, 2.75) is 26.3 Å². The monoisotopic (exact) mass is 333 g/mol. The van der Waals surface area contributed by atoms with Gasteiger partial charge in [-0.3, -0.25) is 9.59 Å². The van der Waals surface area contributed by atoms with E-state index in [2.05, 4.69) is 6.92 Å². The normalized spacial score (nSPS) is 27.6. The van der Waals surface area contributed by atoms with Crippen molar-refractivity contribution in [1.29, 1.82) is 0 Å². The van der Waals surface area contributed by atoms with Crippen molar-refractivity contribution >= 4 is 17.5 Å². The summed E-state index contributed by atoms with van der Waals surface area (Å²) >= 11 is 0. The topological polar surface area (TPSA) is 55.5 Å². The maximum absolute atomic E-state index is 12.8. The minimum atomic E-state index is -0.220. The summed E-state index contributed by atoms with van der Waals surface area (Å²) in [4.78, 5) is 29.4. The number of rotatable bonds is 5. The van der Waals surface area contributed by atoms with E-state index in [-0.39, 0.29) is 17.9 Å². The Balaban J connectivity index is 1.70. The summed E-state index contributed by atoms with van der Waals surface area (Å²) in [7, 11) is 0.